The van der Waals surface area contributed by atoms with Gasteiger partial charge in [0, 0.05) is 31.2 Å². The van der Waals surface area contributed by atoms with Gasteiger partial charge in [0.1, 0.15) is 6.04 Å². The van der Waals surface area contributed by atoms with E-state index in [1.165, 1.54) is 4.90 Å². The monoisotopic (exact) mass is 488 g/mol. The fourth-order valence-electron chi connectivity index (χ4n) is 3.97. The number of aromatic nitrogens is 1. The summed E-state index contributed by atoms with van der Waals surface area (Å²) in [7, 11) is 3.34. The van der Waals surface area contributed by atoms with Crippen LogP contribution in [-0.2, 0) is 25.8 Å². The number of hydrogen-bond acceptors (Lipinski definition) is 7. The lowest BCUT2D eigenvalue weighted by atomic mass is 9.84. The van der Waals surface area contributed by atoms with Crippen molar-refractivity contribution >= 4 is 22.7 Å². The topological polar surface area (TPSA) is 113 Å². The minimum absolute atomic E-state index is 0.0681. The predicted octanol–water partition coefficient (Wildman–Crippen LogP) is 3.31. The number of pyridine rings is 1. The third-order valence-corrected chi connectivity index (χ3v) is 5.83. The van der Waals surface area contributed by atoms with Gasteiger partial charge in [-0.25, -0.2) is 0 Å². The smallest absolute Gasteiger partial charge is 0.245 e. The molecule has 0 bridgehead atoms. The van der Waals surface area contributed by atoms with Gasteiger partial charge in [0.05, 0.1) is 30.8 Å². The lowest BCUT2D eigenvalue weighted by Gasteiger charge is -2.35. The molecule has 194 valence electrons. The van der Waals surface area contributed by atoms with E-state index in [0.29, 0.717) is 6.42 Å². The third-order valence-electron chi connectivity index (χ3n) is 5.83. The van der Waals surface area contributed by atoms with E-state index < -0.39 is 23.5 Å². The Morgan fingerprint density at radius 2 is 1.83 bits per heavy atom. The maximum Gasteiger partial charge on any atom is 0.245 e. The molecule has 9 nitrogen and oxygen atoms in total. The number of para-hydroxylation sites is 1. The zero-order valence-electron chi connectivity index (χ0n) is 21.9. The largest absolute Gasteiger partial charge is 0.370 e. The Hall–Kier alpha value is -2.59. The van der Waals surface area contributed by atoms with Crippen molar-refractivity contribution in [2.75, 3.05) is 20.7 Å². The van der Waals surface area contributed by atoms with Crippen LogP contribution in [0.4, 0.5) is 0 Å². The highest BCUT2D eigenvalue weighted by atomic mass is 16.8. The lowest BCUT2D eigenvalue weighted by molar-refractivity contribution is -0.170. The van der Waals surface area contributed by atoms with E-state index in [-0.39, 0.29) is 30.9 Å². The summed E-state index contributed by atoms with van der Waals surface area (Å²) in [6.07, 6.45) is 1.54. The van der Waals surface area contributed by atoms with Crippen LogP contribution >= 0.6 is 0 Å². The number of hydrogen-bond donors (Lipinski definition) is 3. The Kier molecular flexibility index (Phi) is 10.6. The first kappa shape index (κ1) is 28.6. The number of benzene rings is 1. The van der Waals surface area contributed by atoms with Crippen molar-refractivity contribution in [2.24, 2.45) is 17.3 Å². The van der Waals surface area contributed by atoms with Gasteiger partial charge in [-0.2, -0.15) is 0 Å². The van der Waals surface area contributed by atoms with E-state index >= 15 is 0 Å². The van der Waals surface area contributed by atoms with Crippen LogP contribution in [0.1, 0.15) is 46.6 Å². The quantitative estimate of drug-likeness (QED) is 0.393. The van der Waals surface area contributed by atoms with Gasteiger partial charge in [-0.15, -0.1) is 0 Å². The van der Waals surface area contributed by atoms with Gasteiger partial charge < -0.3 is 15.0 Å². The number of amides is 2. The van der Waals surface area contributed by atoms with Gasteiger partial charge in [0.25, 0.3) is 0 Å². The van der Waals surface area contributed by atoms with Crippen molar-refractivity contribution in [1.29, 1.82) is 0 Å². The third kappa shape index (κ3) is 8.24. The Labute approximate surface area is 208 Å². The molecular formula is C26H40N4O5. The zero-order valence-corrected chi connectivity index (χ0v) is 21.9. The highest BCUT2D eigenvalue weighted by molar-refractivity contribution is 5.89. The van der Waals surface area contributed by atoms with Crippen LogP contribution in [0.15, 0.2) is 36.5 Å². The molecule has 1 aromatic heterocycles. The molecule has 0 radical (unpaired) electrons. The van der Waals surface area contributed by atoms with Crippen LogP contribution in [0.5, 0.6) is 0 Å². The Morgan fingerprint density at radius 3 is 2.43 bits per heavy atom. The number of fused-ring (bicyclic) bond motifs is 1. The lowest BCUT2D eigenvalue weighted by Crippen LogP contribution is -2.56. The number of rotatable bonds is 12. The molecule has 0 saturated carbocycles. The van der Waals surface area contributed by atoms with E-state index in [1.807, 2.05) is 65.0 Å². The summed E-state index contributed by atoms with van der Waals surface area (Å²) in [6.45, 7) is 9.91. The predicted molar refractivity (Wildman–Crippen MR) is 134 cm³/mol. The second-order valence-electron chi connectivity index (χ2n) is 10.5. The van der Waals surface area contributed by atoms with E-state index in [4.69, 9.17) is 14.8 Å². The number of ether oxygens (including phenoxy) is 1. The summed E-state index contributed by atoms with van der Waals surface area (Å²) in [5, 5.41) is 13.0. The average molecular weight is 489 g/mol. The molecular weight excluding hydrogens is 448 g/mol. The van der Waals surface area contributed by atoms with Crippen LogP contribution in [0.25, 0.3) is 10.9 Å². The average Bonchev–Trinajstić information content (AvgIpc) is 2.79. The summed E-state index contributed by atoms with van der Waals surface area (Å²) in [5.74, 6) is -0.917. The SMILES string of the molecule is CC(C)C[C@@H](C(=O)N[C@H](C(=O)N(C)C)C(C)(C)C)C(CONO)OCc1cccc2cccnc12. The van der Waals surface area contributed by atoms with Gasteiger partial charge in [0.15, 0.2) is 0 Å². The molecule has 3 N–H and O–H groups in total. The number of nitrogens with zero attached hydrogens (tertiary/aromatic N) is 2. The van der Waals surface area contributed by atoms with Crippen LogP contribution < -0.4 is 11.0 Å². The van der Waals surface area contributed by atoms with Crippen molar-refractivity contribution in [1.82, 2.24) is 20.8 Å². The fraction of sp³-hybridized carbons (Fsp3) is 0.577. The summed E-state index contributed by atoms with van der Waals surface area (Å²) in [4.78, 5) is 37.4. The van der Waals surface area contributed by atoms with Crippen LogP contribution in [0.3, 0.4) is 0 Å². The van der Waals surface area contributed by atoms with Gasteiger partial charge in [-0.1, -0.05) is 64.5 Å². The first-order valence-electron chi connectivity index (χ1n) is 11.9. The van der Waals surface area contributed by atoms with Crippen molar-refractivity contribution in [3.05, 3.63) is 42.1 Å². The molecule has 0 aliphatic heterocycles. The molecule has 2 rings (SSSR count). The summed E-state index contributed by atoms with van der Waals surface area (Å²) >= 11 is 0. The molecule has 1 heterocycles. The number of likely N-dealkylation sites (N-methyl/N-ethyl adjacent to an activating group) is 1. The van der Waals surface area contributed by atoms with Gasteiger partial charge >= 0.3 is 0 Å². The van der Waals surface area contributed by atoms with Gasteiger partial charge in [0.2, 0.25) is 11.8 Å². The maximum absolute atomic E-state index is 13.6. The first-order chi connectivity index (χ1) is 16.5. The van der Waals surface area contributed by atoms with Crippen LogP contribution in [-0.4, -0.2) is 59.8 Å². The molecule has 0 aliphatic rings. The van der Waals surface area contributed by atoms with Crippen molar-refractivity contribution < 1.29 is 24.4 Å². The number of nitrogens with one attached hydrogen (secondary N) is 2. The second kappa shape index (κ2) is 12.9. The van der Waals surface area contributed by atoms with Gasteiger partial charge in [-0.05, 0) is 23.8 Å². The van der Waals surface area contributed by atoms with Crippen molar-refractivity contribution in [3.63, 3.8) is 0 Å². The highest BCUT2D eigenvalue weighted by Crippen LogP contribution is 2.25. The highest BCUT2D eigenvalue weighted by Gasteiger charge is 2.38. The van der Waals surface area contributed by atoms with Gasteiger partial charge in [-0.3, -0.25) is 24.6 Å². The Balaban J connectivity index is 2.31. The minimum Gasteiger partial charge on any atom is -0.370 e. The molecule has 35 heavy (non-hydrogen) atoms. The molecule has 0 saturated heterocycles. The second-order valence-corrected chi connectivity index (χ2v) is 10.5. The molecule has 0 spiro atoms. The van der Waals surface area contributed by atoms with Crippen LogP contribution in [0, 0.1) is 17.3 Å². The first-order valence-corrected chi connectivity index (χ1v) is 11.9. The van der Waals surface area contributed by atoms with Crippen molar-refractivity contribution in [3.8, 4) is 0 Å². The molecule has 1 aromatic carbocycles. The number of carbonyl (C=O) groups is 2. The Bertz CT molecular complexity index is 968. The molecule has 1 unspecified atom stereocenters. The van der Waals surface area contributed by atoms with E-state index in [1.54, 1.807) is 25.9 Å². The van der Waals surface area contributed by atoms with E-state index in [2.05, 4.69) is 10.3 Å². The Morgan fingerprint density at radius 1 is 1.14 bits per heavy atom. The fourth-order valence-corrected chi connectivity index (χ4v) is 3.97. The molecule has 2 amide bonds. The maximum atomic E-state index is 13.6. The molecule has 0 aliphatic carbocycles. The normalized spacial score (nSPS) is 14.5. The molecule has 2 aromatic rings. The van der Waals surface area contributed by atoms with Crippen molar-refractivity contribution in [2.45, 2.75) is 59.8 Å². The number of carbonyl (C=O) groups excluding carboxylic acids is 2. The molecule has 0 fully saturated rings. The summed E-state index contributed by atoms with van der Waals surface area (Å²) < 4.78 is 6.23. The van der Waals surface area contributed by atoms with E-state index in [9.17, 15) is 9.59 Å². The van der Waals surface area contributed by atoms with Crippen LogP contribution in [0.2, 0.25) is 0 Å². The molecule has 3 atom stereocenters. The minimum atomic E-state index is -0.709. The summed E-state index contributed by atoms with van der Waals surface area (Å²) in [6, 6.07) is 8.99. The summed E-state index contributed by atoms with van der Waals surface area (Å²) in [5.41, 5.74) is 2.90. The standard InChI is InChI=1S/C26H40N4O5/c1-17(2)14-20(24(31)28-23(26(3,4)5)25(32)30(6)7)21(16-35-29-33)34-15-19-11-8-10-18-12-9-13-27-22(18)19/h8-13,17,20-21,23,29,33H,14-16H2,1-7H3,(H,28,31)/t20-,21?,23-/m1/s1. The zero-order chi connectivity index (χ0) is 26.2. The molecule has 9 heteroatoms. The van der Waals surface area contributed by atoms with E-state index in [0.717, 1.165) is 16.5 Å².